The van der Waals surface area contributed by atoms with E-state index in [-0.39, 0.29) is 10.8 Å². The van der Waals surface area contributed by atoms with E-state index >= 15 is 0 Å². The lowest BCUT2D eigenvalue weighted by molar-refractivity contribution is -0.384. The van der Waals surface area contributed by atoms with Gasteiger partial charge in [-0.3, -0.25) is 20.2 Å². The van der Waals surface area contributed by atoms with Crippen LogP contribution in [-0.4, -0.2) is 22.5 Å². The van der Waals surface area contributed by atoms with Crippen LogP contribution in [0.2, 0.25) is 0 Å². The highest BCUT2D eigenvalue weighted by atomic mass is 32.1. The summed E-state index contributed by atoms with van der Waals surface area (Å²) in [5, 5.41) is 16.5. The van der Waals surface area contributed by atoms with Crippen molar-refractivity contribution in [2.75, 3.05) is 6.54 Å². The molecule has 0 atom stereocenters. The quantitative estimate of drug-likeness (QED) is 0.360. The molecule has 0 fully saturated rings. The van der Waals surface area contributed by atoms with Gasteiger partial charge in [0.2, 0.25) is 5.91 Å². The Labute approximate surface area is 150 Å². The molecule has 2 aromatic carbocycles. The number of hydrogen-bond donors (Lipinski definition) is 2. The van der Waals surface area contributed by atoms with Crippen LogP contribution in [0, 0.1) is 10.1 Å². The monoisotopic (exact) mass is 355 g/mol. The van der Waals surface area contributed by atoms with Crippen molar-refractivity contribution in [3.8, 4) is 0 Å². The molecule has 0 saturated carbocycles. The fourth-order valence-corrected chi connectivity index (χ4v) is 2.28. The van der Waals surface area contributed by atoms with Gasteiger partial charge >= 0.3 is 0 Å². The number of rotatable bonds is 6. The number of nitro benzene ring substituents is 1. The Morgan fingerprint density at radius 1 is 1.16 bits per heavy atom. The van der Waals surface area contributed by atoms with Crippen LogP contribution in [0.3, 0.4) is 0 Å². The zero-order chi connectivity index (χ0) is 18.1. The summed E-state index contributed by atoms with van der Waals surface area (Å²) < 4.78 is 0. The Balaban J connectivity index is 1.78. The van der Waals surface area contributed by atoms with Gasteiger partial charge in [0.25, 0.3) is 5.69 Å². The number of nitro groups is 1. The predicted octanol–water partition coefficient (Wildman–Crippen LogP) is 2.84. The summed E-state index contributed by atoms with van der Waals surface area (Å²) in [5.74, 6) is -0.399. The lowest BCUT2D eigenvalue weighted by atomic mass is 10.1. The first-order chi connectivity index (χ1) is 12.0. The SMILES string of the molecule is O=C(/C=C/c1cccc([N+](=O)[O-])c1)NC(=S)NCCc1ccccc1. The van der Waals surface area contributed by atoms with E-state index in [9.17, 15) is 14.9 Å². The van der Waals surface area contributed by atoms with Gasteiger partial charge in [-0.25, -0.2) is 0 Å². The number of nitrogens with zero attached hydrogens (tertiary/aromatic N) is 1. The molecule has 0 heterocycles. The van der Waals surface area contributed by atoms with E-state index < -0.39 is 10.8 Å². The smallest absolute Gasteiger partial charge is 0.270 e. The van der Waals surface area contributed by atoms with Crippen LogP contribution in [0.15, 0.2) is 60.7 Å². The van der Waals surface area contributed by atoms with Crippen LogP contribution >= 0.6 is 12.2 Å². The minimum Gasteiger partial charge on any atom is -0.362 e. The number of benzene rings is 2. The van der Waals surface area contributed by atoms with Gasteiger partial charge in [-0.15, -0.1) is 0 Å². The third kappa shape index (κ3) is 6.52. The van der Waals surface area contributed by atoms with E-state index in [0.29, 0.717) is 12.1 Å². The largest absolute Gasteiger partial charge is 0.362 e. The molecule has 6 nitrogen and oxygen atoms in total. The molecule has 25 heavy (non-hydrogen) atoms. The molecule has 2 rings (SSSR count). The van der Waals surface area contributed by atoms with E-state index in [1.807, 2.05) is 30.3 Å². The molecule has 2 N–H and O–H groups in total. The zero-order valence-corrected chi connectivity index (χ0v) is 14.2. The second-order valence-corrected chi connectivity index (χ2v) is 5.57. The highest BCUT2D eigenvalue weighted by Gasteiger charge is 2.04. The number of amides is 1. The topological polar surface area (TPSA) is 84.3 Å². The second-order valence-electron chi connectivity index (χ2n) is 5.17. The van der Waals surface area contributed by atoms with E-state index in [1.54, 1.807) is 12.1 Å². The van der Waals surface area contributed by atoms with Gasteiger partial charge < -0.3 is 5.32 Å². The molecule has 0 saturated heterocycles. The maximum atomic E-state index is 11.8. The summed E-state index contributed by atoms with van der Waals surface area (Å²) in [6, 6.07) is 15.9. The Hall–Kier alpha value is -3.06. The van der Waals surface area contributed by atoms with E-state index in [4.69, 9.17) is 12.2 Å². The molecular formula is C18H17N3O3S. The highest BCUT2D eigenvalue weighted by Crippen LogP contribution is 2.13. The molecule has 128 valence electrons. The minimum absolute atomic E-state index is 0.0272. The summed E-state index contributed by atoms with van der Waals surface area (Å²) in [6.07, 6.45) is 3.57. The van der Waals surface area contributed by atoms with Crippen molar-refractivity contribution >= 4 is 35.0 Å². The fraction of sp³-hybridized carbons (Fsp3) is 0.111. The standard InChI is InChI=1S/C18H17N3O3S/c22-17(10-9-15-7-4-8-16(13-15)21(23)24)20-18(25)19-12-11-14-5-2-1-3-6-14/h1-10,13H,11-12H2,(H2,19,20,22,25)/b10-9+. The number of nitrogens with one attached hydrogen (secondary N) is 2. The first kappa shape index (κ1) is 18.3. The number of carbonyl (C=O) groups is 1. The average Bonchev–Trinajstić information content (AvgIpc) is 2.61. The van der Waals surface area contributed by atoms with Gasteiger partial charge in [-0.1, -0.05) is 42.5 Å². The molecule has 1 amide bonds. The van der Waals surface area contributed by atoms with Gasteiger partial charge in [-0.05, 0) is 35.8 Å². The molecule has 0 aliphatic rings. The van der Waals surface area contributed by atoms with Gasteiger partial charge in [-0.2, -0.15) is 0 Å². The van der Waals surface area contributed by atoms with Crippen molar-refractivity contribution in [2.45, 2.75) is 6.42 Å². The number of non-ortho nitro benzene ring substituents is 1. The highest BCUT2D eigenvalue weighted by molar-refractivity contribution is 7.80. The van der Waals surface area contributed by atoms with Crippen LogP contribution in [0.4, 0.5) is 5.69 Å². The zero-order valence-electron chi connectivity index (χ0n) is 13.3. The lowest BCUT2D eigenvalue weighted by Crippen LogP contribution is -2.39. The average molecular weight is 355 g/mol. The van der Waals surface area contributed by atoms with Crippen LogP contribution in [0.5, 0.6) is 0 Å². The van der Waals surface area contributed by atoms with Gasteiger partial charge in [0, 0.05) is 24.8 Å². The number of thiocarbonyl (C=S) groups is 1. The Kier molecular flexibility index (Phi) is 6.79. The molecule has 0 aliphatic heterocycles. The van der Waals surface area contributed by atoms with Crippen molar-refractivity contribution in [3.05, 3.63) is 81.9 Å². The second kappa shape index (κ2) is 9.29. The molecule has 0 aromatic heterocycles. The van der Waals surface area contributed by atoms with Gasteiger partial charge in [0.1, 0.15) is 0 Å². The van der Waals surface area contributed by atoms with Crippen molar-refractivity contribution in [2.24, 2.45) is 0 Å². The minimum atomic E-state index is -0.483. The van der Waals surface area contributed by atoms with Gasteiger partial charge in [0.05, 0.1) is 4.92 Å². The van der Waals surface area contributed by atoms with Gasteiger partial charge in [0.15, 0.2) is 5.11 Å². The van der Waals surface area contributed by atoms with Crippen LogP contribution in [0.25, 0.3) is 6.08 Å². The van der Waals surface area contributed by atoms with Crippen molar-refractivity contribution in [1.29, 1.82) is 0 Å². The Morgan fingerprint density at radius 3 is 2.64 bits per heavy atom. The summed E-state index contributed by atoms with van der Waals surface area (Å²) in [5.41, 5.74) is 1.71. The molecule has 0 aliphatic carbocycles. The van der Waals surface area contributed by atoms with E-state index in [2.05, 4.69) is 10.6 Å². The maximum absolute atomic E-state index is 11.8. The van der Waals surface area contributed by atoms with Crippen molar-refractivity contribution in [1.82, 2.24) is 10.6 Å². The fourth-order valence-electron chi connectivity index (χ4n) is 2.08. The van der Waals surface area contributed by atoms with Crippen LogP contribution in [0.1, 0.15) is 11.1 Å². The molecule has 0 bridgehead atoms. The van der Waals surface area contributed by atoms with E-state index in [0.717, 1.165) is 6.42 Å². The summed E-state index contributed by atoms with van der Waals surface area (Å²) in [4.78, 5) is 22.1. The first-order valence-electron chi connectivity index (χ1n) is 7.60. The van der Waals surface area contributed by atoms with Crippen LogP contribution < -0.4 is 10.6 Å². The molecule has 0 spiro atoms. The van der Waals surface area contributed by atoms with Crippen molar-refractivity contribution in [3.63, 3.8) is 0 Å². The predicted molar refractivity (Wildman–Crippen MR) is 101 cm³/mol. The van der Waals surface area contributed by atoms with Crippen molar-refractivity contribution < 1.29 is 9.72 Å². The lowest BCUT2D eigenvalue weighted by Gasteiger charge is -2.08. The maximum Gasteiger partial charge on any atom is 0.270 e. The third-order valence-corrected chi connectivity index (χ3v) is 3.53. The Bertz CT molecular complexity index is 791. The molecule has 0 radical (unpaired) electrons. The molecule has 7 heteroatoms. The number of carbonyl (C=O) groups excluding carboxylic acids is 1. The third-order valence-electron chi connectivity index (χ3n) is 3.29. The van der Waals surface area contributed by atoms with E-state index in [1.165, 1.54) is 29.8 Å². The first-order valence-corrected chi connectivity index (χ1v) is 8.01. The molecular weight excluding hydrogens is 338 g/mol. The normalized spacial score (nSPS) is 10.4. The summed E-state index contributed by atoms with van der Waals surface area (Å²) in [6.45, 7) is 0.609. The Morgan fingerprint density at radius 2 is 1.92 bits per heavy atom. The summed E-state index contributed by atoms with van der Waals surface area (Å²) >= 11 is 5.07. The molecule has 0 unspecified atom stereocenters. The van der Waals surface area contributed by atoms with Crippen LogP contribution in [-0.2, 0) is 11.2 Å². The number of hydrogen-bond acceptors (Lipinski definition) is 4. The summed E-state index contributed by atoms with van der Waals surface area (Å²) in [7, 11) is 0. The molecule has 2 aromatic rings.